The summed E-state index contributed by atoms with van der Waals surface area (Å²) in [5.41, 5.74) is 1.59. The third-order valence-electron chi connectivity index (χ3n) is 5.97. The van der Waals surface area contributed by atoms with Crippen molar-refractivity contribution in [1.82, 2.24) is 9.88 Å². The molecule has 2 amide bonds. The van der Waals surface area contributed by atoms with Gasteiger partial charge in [-0.1, -0.05) is 51.0 Å². The van der Waals surface area contributed by atoms with Crippen LogP contribution in [-0.4, -0.2) is 47.4 Å². The van der Waals surface area contributed by atoms with E-state index in [2.05, 4.69) is 20.9 Å². The van der Waals surface area contributed by atoms with Crippen LogP contribution in [0.25, 0.3) is 10.2 Å². The molecule has 2 fully saturated rings. The highest BCUT2D eigenvalue weighted by Crippen LogP contribution is 2.34. The molecule has 2 saturated heterocycles. The fourth-order valence-corrected chi connectivity index (χ4v) is 5.87. The van der Waals surface area contributed by atoms with Gasteiger partial charge in [0.2, 0.25) is 11.8 Å². The normalized spacial score (nSPS) is 19.7. The number of hydrogen-bond donors (Lipinski definition) is 0. The summed E-state index contributed by atoms with van der Waals surface area (Å²) < 4.78 is 8.01. The fourth-order valence-electron chi connectivity index (χ4n) is 4.31. The minimum absolute atomic E-state index is 0.00540. The van der Waals surface area contributed by atoms with Gasteiger partial charge in [-0.2, -0.15) is 0 Å². The highest BCUT2D eigenvalue weighted by atomic mass is 79.9. The maximum Gasteiger partial charge on any atom is 0.274 e. The first-order valence-electron chi connectivity index (χ1n) is 10.5. The van der Waals surface area contributed by atoms with Gasteiger partial charge >= 0.3 is 0 Å². The summed E-state index contributed by atoms with van der Waals surface area (Å²) in [6.45, 7) is 1.67. The van der Waals surface area contributed by atoms with E-state index in [9.17, 15) is 9.59 Å². The molecule has 0 bridgehead atoms. The number of halogens is 2. The van der Waals surface area contributed by atoms with Gasteiger partial charge in [0.25, 0.3) is 5.19 Å². The van der Waals surface area contributed by atoms with Gasteiger partial charge in [0.1, 0.15) is 11.6 Å². The van der Waals surface area contributed by atoms with E-state index in [-0.39, 0.29) is 30.3 Å². The van der Waals surface area contributed by atoms with Gasteiger partial charge in [-0.15, -0.1) is 0 Å². The van der Waals surface area contributed by atoms with Gasteiger partial charge in [-0.3, -0.25) is 9.59 Å². The van der Waals surface area contributed by atoms with Crippen LogP contribution in [0.5, 0.6) is 5.19 Å². The van der Waals surface area contributed by atoms with Gasteiger partial charge in [0.15, 0.2) is 0 Å². The van der Waals surface area contributed by atoms with Gasteiger partial charge in [0, 0.05) is 49.1 Å². The van der Waals surface area contributed by atoms with Crippen molar-refractivity contribution in [3.8, 4) is 5.19 Å². The van der Waals surface area contributed by atoms with Crippen molar-refractivity contribution >= 4 is 66.6 Å². The van der Waals surface area contributed by atoms with Crippen molar-refractivity contribution in [2.45, 2.75) is 25.4 Å². The standard InChI is InChI=1S/C23H21BrClN3O3S/c24-15-3-1-4-16(12-15)28-13-14(11-20(28)29)22(30)27-9-7-17(8-10-27)31-23-26-21-18(25)5-2-6-19(21)32-23/h1-6,12,14,17H,7-11,13H2. The zero-order chi connectivity index (χ0) is 22.2. The predicted molar refractivity (Wildman–Crippen MR) is 129 cm³/mol. The quantitative estimate of drug-likeness (QED) is 0.465. The molecule has 0 spiro atoms. The Bertz CT molecular complexity index is 1180. The summed E-state index contributed by atoms with van der Waals surface area (Å²) in [7, 11) is 0. The number of piperidine rings is 1. The summed E-state index contributed by atoms with van der Waals surface area (Å²) in [5.74, 6) is -0.249. The first-order valence-corrected chi connectivity index (χ1v) is 12.5. The van der Waals surface area contributed by atoms with E-state index < -0.39 is 0 Å². The largest absolute Gasteiger partial charge is 0.467 e. The van der Waals surface area contributed by atoms with Crippen LogP contribution in [-0.2, 0) is 9.59 Å². The predicted octanol–water partition coefficient (Wildman–Crippen LogP) is 5.14. The van der Waals surface area contributed by atoms with Crippen molar-refractivity contribution in [3.63, 3.8) is 0 Å². The minimum Gasteiger partial charge on any atom is -0.467 e. The lowest BCUT2D eigenvalue weighted by atomic mass is 10.0. The number of carbonyl (C=O) groups excluding carboxylic acids is 2. The second-order valence-corrected chi connectivity index (χ2v) is 10.4. The van der Waals surface area contributed by atoms with E-state index in [0.29, 0.717) is 29.9 Å². The van der Waals surface area contributed by atoms with Crippen LogP contribution < -0.4 is 9.64 Å². The molecule has 6 nitrogen and oxygen atoms in total. The molecule has 0 N–H and O–H groups in total. The Labute approximate surface area is 203 Å². The summed E-state index contributed by atoms with van der Waals surface area (Å²) in [6, 6.07) is 13.3. The molecular weight excluding hydrogens is 514 g/mol. The number of amides is 2. The second-order valence-electron chi connectivity index (χ2n) is 8.09. The highest BCUT2D eigenvalue weighted by Gasteiger charge is 2.38. The molecule has 9 heteroatoms. The monoisotopic (exact) mass is 533 g/mol. The lowest BCUT2D eigenvalue weighted by Gasteiger charge is -2.33. The molecule has 0 aliphatic carbocycles. The molecule has 2 aliphatic rings. The Kier molecular flexibility index (Phi) is 6.09. The molecule has 3 heterocycles. The van der Waals surface area contributed by atoms with E-state index in [4.69, 9.17) is 16.3 Å². The number of benzene rings is 2. The Morgan fingerprint density at radius 3 is 2.72 bits per heavy atom. The van der Waals surface area contributed by atoms with E-state index in [1.807, 2.05) is 47.4 Å². The van der Waals surface area contributed by atoms with Gasteiger partial charge in [0.05, 0.1) is 15.6 Å². The molecule has 166 valence electrons. The zero-order valence-electron chi connectivity index (χ0n) is 17.2. The van der Waals surface area contributed by atoms with Crippen LogP contribution in [0.1, 0.15) is 19.3 Å². The van der Waals surface area contributed by atoms with Crippen molar-refractivity contribution in [3.05, 3.63) is 52.0 Å². The van der Waals surface area contributed by atoms with Gasteiger partial charge < -0.3 is 14.5 Å². The first-order chi connectivity index (χ1) is 15.5. The van der Waals surface area contributed by atoms with E-state index >= 15 is 0 Å². The molecule has 0 radical (unpaired) electrons. The summed E-state index contributed by atoms with van der Waals surface area (Å²) in [4.78, 5) is 33.7. The number of aromatic nitrogens is 1. The van der Waals surface area contributed by atoms with Crippen LogP contribution in [0, 0.1) is 5.92 Å². The Hall–Kier alpha value is -2.16. The van der Waals surface area contributed by atoms with Crippen LogP contribution in [0.15, 0.2) is 46.9 Å². The summed E-state index contributed by atoms with van der Waals surface area (Å²) >= 11 is 11.1. The molecule has 1 atom stereocenters. The van der Waals surface area contributed by atoms with Crippen LogP contribution in [0.3, 0.4) is 0 Å². The molecular formula is C23H21BrClN3O3S. The SMILES string of the molecule is O=C(C1CC(=O)N(c2cccc(Br)c2)C1)N1CCC(Oc2nc3c(Cl)cccc3s2)CC1. The van der Waals surface area contributed by atoms with E-state index in [0.717, 1.165) is 33.2 Å². The number of nitrogens with zero attached hydrogens (tertiary/aromatic N) is 3. The smallest absolute Gasteiger partial charge is 0.274 e. The van der Waals surface area contributed by atoms with Gasteiger partial charge in [-0.05, 0) is 30.3 Å². The molecule has 3 aromatic rings. The topological polar surface area (TPSA) is 62.7 Å². The number of carbonyl (C=O) groups is 2. The summed E-state index contributed by atoms with van der Waals surface area (Å²) in [6.07, 6.45) is 1.76. The average molecular weight is 535 g/mol. The zero-order valence-corrected chi connectivity index (χ0v) is 20.3. The van der Waals surface area contributed by atoms with Crippen LogP contribution in [0.4, 0.5) is 5.69 Å². The average Bonchev–Trinajstić information content (AvgIpc) is 3.38. The number of ether oxygens (including phenoxy) is 1. The molecule has 1 unspecified atom stereocenters. The third-order valence-corrected chi connectivity index (χ3v) is 7.68. The third kappa shape index (κ3) is 4.36. The first kappa shape index (κ1) is 21.7. The maximum absolute atomic E-state index is 13.1. The number of rotatable bonds is 4. The fraction of sp³-hybridized carbons (Fsp3) is 0.348. The molecule has 0 saturated carbocycles. The van der Waals surface area contributed by atoms with Crippen molar-refractivity contribution < 1.29 is 14.3 Å². The maximum atomic E-state index is 13.1. The number of thiazole rings is 1. The number of para-hydroxylation sites is 1. The van der Waals surface area contributed by atoms with E-state index in [1.165, 1.54) is 11.3 Å². The molecule has 1 aromatic heterocycles. The minimum atomic E-state index is -0.301. The van der Waals surface area contributed by atoms with Crippen molar-refractivity contribution in [2.75, 3.05) is 24.5 Å². The molecule has 32 heavy (non-hydrogen) atoms. The number of likely N-dealkylation sites (tertiary alicyclic amines) is 1. The molecule has 2 aromatic carbocycles. The van der Waals surface area contributed by atoms with Crippen LogP contribution >= 0.6 is 38.9 Å². The lowest BCUT2D eigenvalue weighted by Crippen LogP contribution is -2.44. The lowest BCUT2D eigenvalue weighted by molar-refractivity contribution is -0.137. The van der Waals surface area contributed by atoms with E-state index in [1.54, 1.807) is 4.90 Å². The van der Waals surface area contributed by atoms with Crippen molar-refractivity contribution in [2.24, 2.45) is 5.92 Å². The number of hydrogen-bond acceptors (Lipinski definition) is 5. The van der Waals surface area contributed by atoms with Crippen molar-refractivity contribution in [1.29, 1.82) is 0 Å². The molecule has 5 rings (SSSR count). The Morgan fingerprint density at radius 1 is 1.19 bits per heavy atom. The van der Waals surface area contributed by atoms with Gasteiger partial charge in [-0.25, -0.2) is 4.98 Å². The van der Waals surface area contributed by atoms with Crippen LogP contribution in [0.2, 0.25) is 5.02 Å². The molecule has 2 aliphatic heterocycles. The number of fused-ring (bicyclic) bond motifs is 1. The second kappa shape index (κ2) is 9.00. The highest BCUT2D eigenvalue weighted by molar-refractivity contribution is 9.10. The Morgan fingerprint density at radius 2 is 1.97 bits per heavy atom. The summed E-state index contributed by atoms with van der Waals surface area (Å²) in [5, 5.41) is 1.24. The Balaban J connectivity index is 1.17. The number of anilines is 1.